The van der Waals surface area contributed by atoms with E-state index in [1.807, 2.05) is 13.0 Å². The number of benzene rings is 2. The molecule has 0 bridgehead atoms. The van der Waals surface area contributed by atoms with Crippen molar-refractivity contribution in [3.05, 3.63) is 76.4 Å². The lowest BCUT2D eigenvalue weighted by Crippen LogP contribution is -2.13. The monoisotopic (exact) mass is 392 g/mol. The van der Waals surface area contributed by atoms with Crippen molar-refractivity contribution in [3.63, 3.8) is 0 Å². The molecule has 28 heavy (non-hydrogen) atoms. The van der Waals surface area contributed by atoms with Gasteiger partial charge in [-0.1, -0.05) is 23.7 Å². The number of nitrogens with zero attached hydrogens (tertiary/aromatic N) is 2. The maximum atomic E-state index is 12.7. The normalized spacial score (nSPS) is 10.1. The molecule has 0 saturated heterocycles. The van der Waals surface area contributed by atoms with E-state index in [1.165, 1.54) is 13.3 Å². The summed E-state index contributed by atoms with van der Waals surface area (Å²) in [5.74, 6) is 0.605. The van der Waals surface area contributed by atoms with E-state index in [0.717, 1.165) is 5.56 Å². The van der Waals surface area contributed by atoms with Gasteiger partial charge in [0, 0.05) is 22.8 Å². The van der Waals surface area contributed by atoms with Crippen molar-refractivity contribution in [1.29, 1.82) is 5.26 Å². The Balaban J connectivity index is 1.83. The number of nitrogens with one attached hydrogen (secondary N) is 2. The number of aromatic nitrogens is 1. The molecular weight excluding hydrogens is 376 g/mol. The van der Waals surface area contributed by atoms with Crippen LogP contribution in [0, 0.1) is 18.3 Å². The van der Waals surface area contributed by atoms with Gasteiger partial charge in [0.1, 0.15) is 17.6 Å². The van der Waals surface area contributed by atoms with E-state index in [2.05, 4.69) is 21.7 Å². The second kappa shape index (κ2) is 8.42. The van der Waals surface area contributed by atoms with Crippen LogP contribution >= 0.6 is 11.6 Å². The van der Waals surface area contributed by atoms with Gasteiger partial charge >= 0.3 is 0 Å². The van der Waals surface area contributed by atoms with E-state index in [-0.39, 0.29) is 5.91 Å². The molecule has 0 radical (unpaired) electrons. The minimum absolute atomic E-state index is 0.320. The number of aryl methyl sites for hydroxylation is 1. The van der Waals surface area contributed by atoms with Gasteiger partial charge in [0.05, 0.1) is 24.0 Å². The third-order valence-corrected chi connectivity index (χ3v) is 4.47. The molecule has 2 N–H and O–H groups in total. The average Bonchev–Trinajstić information content (AvgIpc) is 2.71. The molecule has 140 valence electrons. The van der Waals surface area contributed by atoms with E-state index >= 15 is 0 Å². The second-order valence-electron chi connectivity index (χ2n) is 5.97. The number of amides is 1. The molecule has 0 spiro atoms. The highest BCUT2D eigenvalue weighted by molar-refractivity contribution is 6.31. The van der Waals surface area contributed by atoms with E-state index in [1.54, 1.807) is 42.5 Å². The first-order chi connectivity index (χ1) is 13.5. The number of rotatable bonds is 5. The summed E-state index contributed by atoms with van der Waals surface area (Å²) < 4.78 is 5.29. The molecule has 0 unspecified atom stereocenters. The quantitative estimate of drug-likeness (QED) is 0.643. The molecule has 0 aliphatic carbocycles. The summed E-state index contributed by atoms with van der Waals surface area (Å²) in [7, 11) is 1.51. The summed E-state index contributed by atoms with van der Waals surface area (Å²) in [5.41, 5.74) is 2.85. The maximum Gasteiger partial charge on any atom is 0.255 e. The first-order valence-electron chi connectivity index (χ1n) is 8.39. The highest BCUT2D eigenvalue weighted by atomic mass is 35.5. The van der Waals surface area contributed by atoms with Crippen molar-refractivity contribution in [3.8, 4) is 11.8 Å². The number of nitriles is 1. The van der Waals surface area contributed by atoms with Crippen molar-refractivity contribution >= 4 is 34.7 Å². The van der Waals surface area contributed by atoms with Crippen LogP contribution in [0.2, 0.25) is 5.02 Å². The topological polar surface area (TPSA) is 87.0 Å². The van der Waals surface area contributed by atoms with Crippen LogP contribution in [0.4, 0.5) is 17.2 Å². The molecule has 0 aliphatic heterocycles. The highest BCUT2D eigenvalue weighted by Crippen LogP contribution is 2.31. The number of hydrogen-bond acceptors (Lipinski definition) is 5. The molecular formula is C21H17ClN4O2. The number of anilines is 3. The second-order valence-corrected chi connectivity index (χ2v) is 6.38. The number of halogens is 1. The molecule has 1 amide bonds. The van der Waals surface area contributed by atoms with E-state index in [4.69, 9.17) is 16.3 Å². The van der Waals surface area contributed by atoms with Crippen molar-refractivity contribution in [2.45, 2.75) is 6.92 Å². The number of ether oxygens (including phenoxy) is 1. The van der Waals surface area contributed by atoms with Crippen molar-refractivity contribution in [2.75, 3.05) is 17.7 Å². The predicted molar refractivity (Wildman–Crippen MR) is 109 cm³/mol. The maximum absolute atomic E-state index is 12.7. The molecule has 3 rings (SSSR count). The lowest BCUT2D eigenvalue weighted by molar-refractivity contribution is 0.102. The van der Waals surface area contributed by atoms with Gasteiger partial charge in [-0.2, -0.15) is 5.26 Å². The van der Waals surface area contributed by atoms with Crippen molar-refractivity contribution < 1.29 is 9.53 Å². The van der Waals surface area contributed by atoms with E-state index in [0.29, 0.717) is 39.1 Å². The first kappa shape index (κ1) is 19.2. The Morgan fingerprint density at radius 1 is 1.18 bits per heavy atom. The van der Waals surface area contributed by atoms with Gasteiger partial charge in [-0.05, 0) is 42.8 Å². The van der Waals surface area contributed by atoms with Crippen molar-refractivity contribution in [1.82, 2.24) is 4.98 Å². The minimum atomic E-state index is -0.320. The zero-order chi connectivity index (χ0) is 20.1. The van der Waals surface area contributed by atoms with Crippen molar-refractivity contribution in [2.24, 2.45) is 0 Å². The minimum Gasteiger partial charge on any atom is -0.495 e. The third kappa shape index (κ3) is 4.22. The zero-order valence-electron chi connectivity index (χ0n) is 15.3. The zero-order valence-corrected chi connectivity index (χ0v) is 16.0. The van der Waals surface area contributed by atoms with Crippen LogP contribution in [0.15, 0.2) is 54.7 Å². The van der Waals surface area contributed by atoms with Crippen LogP contribution in [0.5, 0.6) is 5.75 Å². The number of pyridine rings is 1. The van der Waals surface area contributed by atoms with Gasteiger partial charge in [-0.3, -0.25) is 4.79 Å². The Labute approximate surface area is 167 Å². The Kier molecular flexibility index (Phi) is 5.78. The lowest BCUT2D eigenvalue weighted by Gasteiger charge is -2.13. The molecule has 1 heterocycles. The number of methoxy groups -OCH3 is 1. The molecule has 0 fully saturated rings. The van der Waals surface area contributed by atoms with E-state index in [9.17, 15) is 10.1 Å². The lowest BCUT2D eigenvalue weighted by atomic mass is 10.1. The smallest absolute Gasteiger partial charge is 0.255 e. The fourth-order valence-corrected chi connectivity index (χ4v) is 2.75. The molecule has 3 aromatic rings. The van der Waals surface area contributed by atoms with Crippen LogP contribution in [-0.4, -0.2) is 18.0 Å². The van der Waals surface area contributed by atoms with Gasteiger partial charge in [0.25, 0.3) is 5.91 Å². The SMILES string of the molecule is COc1cc(Cl)c(C)cc1NC(=O)c1ccnc(Nc2ccccc2C#N)c1. The van der Waals surface area contributed by atoms with Crippen LogP contribution in [-0.2, 0) is 0 Å². The van der Waals surface area contributed by atoms with Crippen LogP contribution in [0.1, 0.15) is 21.5 Å². The summed E-state index contributed by atoms with van der Waals surface area (Å²) in [6.07, 6.45) is 1.52. The van der Waals surface area contributed by atoms with Crippen LogP contribution in [0.25, 0.3) is 0 Å². The first-order valence-corrected chi connectivity index (χ1v) is 8.77. The molecule has 2 aromatic carbocycles. The van der Waals surface area contributed by atoms with Crippen LogP contribution < -0.4 is 15.4 Å². The molecule has 1 aromatic heterocycles. The average molecular weight is 393 g/mol. The Morgan fingerprint density at radius 2 is 1.96 bits per heavy atom. The molecule has 7 heteroatoms. The third-order valence-electron chi connectivity index (χ3n) is 4.06. The summed E-state index contributed by atoms with van der Waals surface area (Å²) >= 11 is 6.11. The van der Waals surface area contributed by atoms with Gasteiger partial charge in [0.2, 0.25) is 0 Å². The summed E-state index contributed by atoms with van der Waals surface area (Å²) in [6.45, 7) is 1.85. The predicted octanol–water partition coefficient (Wildman–Crippen LogP) is 4.92. The molecule has 0 atom stereocenters. The van der Waals surface area contributed by atoms with Gasteiger partial charge in [0.15, 0.2) is 0 Å². The Morgan fingerprint density at radius 3 is 2.71 bits per heavy atom. The van der Waals surface area contributed by atoms with Gasteiger partial charge < -0.3 is 15.4 Å². The van der Waals surface area contributed by atoms with Gasteiger partial charge in [-0.15, -0.1) is 0 Å². The number of carbonyl (C=O) groups excluding carboxylic acids is 1. The number of hydrogen-bond donors (Lipinski definition) is 2. The highest BCUT2D eigenvalue weighted by Gasteiger charge is 2.13. The molecule has 6 nitrogen and oxygen atoms in total. The Hall–Kier alpha value is -3.56. The number of para-hydroxylation sites is 1. The molecule has 0 aliphatic rings. The molecule has 0 saturated carbocycles. The van der Waals surface area contributed by atoms with Gasteiger partial charge in [-0.25, -0.2) is 4.98 Å². The van der Waals surface area contributed by atoms with E-state index < -0.39 is 0 Å². The summed E-state index contributed by atoms with van der Waals surface area (Å²) in [4.78, 5) is 16.9. The fraction of sp³-hybridized carbons (Fsp3) is 0.0952. The summed E-state index contributed by atoms with van der Waals surface area (Å²) in [5, 5.41) is 15.7. The largest absolute Gasteiger partial charge is 0.495 e. The Bertz CT molecular complexity index is 1080. The van der Waals surface area contributed by atoms with Crippen LogP contribution in [0.3, 0.4) is 0 Å². The standard InChI is InChI=1S/C21H17ClN4O2/c1-13-9-18(19(28-2)11-16(13)22)26-21(27)14-7-8-24-20(10-14)25-17-6-4-3-5-15(17)12-23/h3-11H,1-2H3,(H,24,25)(H,26,27). The summed E-state index contributed by atoms with van der Waals surface area (Å²) in [6, 6.07) is 15.8. The fourth-order valence-electron chi connectivity index (χ4n) is 2.59. The number of carbonyl (C=O) groups is 1.